The summed E-state index contributed by atoms with van der Waals surface area (Å²) in [6.07, 6.45) is 3.72. The normalized spacial score (nSPS) is 14.0. The van der Waals surface area contributed by atoms with E-state index in [9.17, 15) is 4.79 Å². The SMILES string of the molecule is Cn1nnnc1SCC(=O)Nc1ccc(-c2ccc(N3CCCCC3)nn2)cc1. The molecule has 2 aromatic heterocycles. The lowest BCUT2D eigenvalue weighted by Gasteiger charge is -2.27. The van der Waals surface area contributed by atoms with Crippen LogP contribution >= 0.6 is 11.8 Å². The molecule has 0 bridgehead atoms. The molecule has 10 heteroatoms. The maximum atomic E-state index is 12.1. The molecule has 1 fully saturated rings. The van der Waals surface area contributed by atoms with Crippen LogP contribution in [0.3, 0.4) is 0 Å². The van der Waals surface area contributed by atoms with Crippen LogP contribution in [0.4, 0.5) is 11.5 Å². The largest absolute Gasteiger partial charge is 0.355 e. The van der Waals surface area contributed by atoms with Gasteiger partial charge in [-0.1, -0.05) is 23.9 Å². The molecule has 0 unspecified atom stereocenters. The van der Waals surface area contributed by atoms with Gasteiger partial charge in [0.2, 0.25) is 11.1 Å². The molecule has 1 aromatic carbocycles. The van der Waals surface area contributed by atoms with E-state index in [2.05, 4.69) is 35.9 Å². The smallest absolute Gasteiger partial charge is 0.234 e. The van der Waals surface area contributed by atoms with E-state index in [1.807, 2.05) is 36.4 Å². The quantitative estimate of drug-likeness (QED) is 0.618. The van der Waals surface area contributed by atoms with Gasteiger partial charge in [-0.15, -0.1) is 15.3 Å². The number of hydrogen-bond acceptors (Lipinski definition) is 8. The number of carbonyl (C=O) groups is 1. The number of benzene rings is 1. The molecule has 0 spiro atoms. The number of piperidine rings is 1. The van der Waals surface area contributed by atoms with Crippen molar-refractivity contribution in [2.45, 2.75) is 24.4 Å². The minimum absolute atomic E-state index is 0.114. The van der Waals surface area contributed by atoms with Gasteiger partial charge in [-0.2, -0.15) is 0 Å². The van der Waals surface area contributed by atoms with Crippen LogP contribution in [-0.4, -0.2) is 55.2 Å². The van der Waals surface area contributed by atoms with E-state index in [-0.39, 0.29) is 11.7 Å². The fraction of sp³-hybridized carbons (Fsp3) is 0.368. The van der Waals surface area contributed by atoms with Crippen molar-refractivity contribution in [1.29, 1.82) is 0 Å². The molecule has 3 aromatic rings. The summed E-state index contributed by atoms with van der Waals surface area (Å²) in [5.74, 6) is 1.06. The summed E-state index contributed by atoms with van der Waals surface area (Å²) >= 11 is 1.29. The van der Waals surface area contributed by atoms with Crippen LogP contribution < -0.4 is 10.2 Å². The highest BCUT2D eigenvalue weighted by Gasteiger charge is 2.13. The molecule has 1 aliphatic rings. The van der Waals surface area contributed by atoms with Gasteiger partial charge in [0.1, 0.15) is 0 Å². The molecule has 29 heavy (non-hydrogen) atoms. The Kier molecular flexibility index (Phi) is 5.99. The molecular formula is C19H22N8OS. The minimum atomic E-state index is -0.114. The molecule has 150 valence electrons. The number of rotatable bonds is 6. The third-order valence-electron chi connectivity index (χ3n) is 4.71. The molecule has 1 aliphatic heterocycles. The first-order valence-electron chi connectivity index (χ1n) is 9.53. The van der Waals surface area contributed by atoms with Crippen molar-refractivity contribution < 1.29 is 4.79 Å². The zero-order valence-electron chi connectivity index (χ0n) is 16.2. The van der Waals surface area contributed by atoms with Crippen LogP contribution in [0.25, 0.3) is 11.3 Å². The number of nitrogens with zero attached hydrogens (tertiary/aromatic N) is 7. The van der Waals surface area contributed by atoms with Gasteiger partial charge >= 0.3 is 0 Å². The lowest BCUT2D eigenvalue weighted by Crippen LogP contribution is -2.30. The molecule has 0 aliphatic carbocycles. The zero-order chi connectivity index (χ0) is 20.1. The monoisotopic (exact) mass is 410 g/mol. The van der Waals surface area contributed by atoms with Crippen LogP contribution in [0, 0.1) is 0 Å². The highest BCUT2D eigenvalue weighted by molar-refractivity contribution is 7.99. The molecule has 1 amide bonds. The number of amides is 1. The first kappa shape index (κ1) is 19.3. The van der Waals surface area contributed by atoms with E-state index in [1.165, 1.54) is 35.7 Å². The maximum Gasteiger partial charge on any atom is 0.234 e. The maximum absolute atomic E-state index is 12.1. The summed E-state index contributed by atoms with van der Waals surface area (Å²) in [7, 11) is 1.74. The number of hydrogen-bond donors (Lipinski definition) is 1. The van der Waals surface area contributed by atoms with Gasteiger partial charge in [-0.05, 0) is 54.0 Å². The van der Waals surface area contributed by atoms with Gasteiger partial charge < -0.3 is 10.2 Å². The van der Waals surface area contributed by atoms with E-state index >= 15 is 0 Å². The summed E-state index contributed by atoms with van der Waals surface area (Å²) in [5.41, 5.74) is 2.50. The predicted molar refractivity (Wildman–Crippen MR) is 112 cm³/mol. The number of thioether (sulfide) groups is 1. The number of nitrogens with one attached hydrogen (secondary N) is 1. The molecule has 0 radical (unpaired) electrons. The fourth-order valence-corrected chi connectivity index (χ4v) is 3.82. The molecule has 0 saturated carbocycles. The van der Waals surface area contributed by atoms with E-state index in [4.69, 9.17) is 0 Å². The van der Waals surface area contributed by atoms with Gasteiger partial charge in [-0.3, -0.25) is 4.79 Å². The van der Waals surface area contributed by atoms with Crippen molar-refractivity contribution in [2.24, 2.45) is 7.05 Å². The number of carbonyl (C=O) groups excluding carboxylic acids is 1. The second-order valence-electron chi connectivity index (χ2n) is 6.82. The summed E-state index contributed by atoms with van der Waals surface area (Å²) in [6.45, 7) is 2.10. The van der Waals surface area contributed by atoms with Gasteiger partial charge in [0.05, 0.1) is 11.4 Å². The van der Waals surface area contributed by atoms with E-state index in [0.717, 1.165) is 35.9 Å². The number of aromatic nitrogens is 6. The summed E-state index contributed by atoms with van der Waals surface area (Å²) in [4.78, 5) is 14.4. The van der Waals surface area contributed by atoms with Crippen LogP contribution in [0.2, 0.25) is 0 Å². The Morgan fingerprint density at radius 3 is 2.48 bits per heavy atom. The molecule has 9 nitrogen and oxygen atoms in total. The van der Waals surface area contributed by atoms with Gasteiger partial charge in [0.15, 0.2) is 5.82 Å². The van der Waals surface area contributed by atoms with E-state index in [0.29, 0.717) is 5.16 Å². The number of aryl methyl sites for hydroxylation is 1. The second kappa shape index (κ2) is 8.99. The molecule has 4 rings (SSSR count). The van der Waals surface area contributed by atoms with Gasteiger partial charge in [-0.25, -0.2) is 4.68 Å². The predicted octanol–water partition coefficient (Wildman–Crippen LogP) is 2.39. The highest BCUT2D eigenvalue weighted by atomic mass is 32.2. The Bertz CT molecular complexity index is 951. The third kappa shape index (κ3) is 4.89. The number of tetrazole rings is 1. The first-order chi connectivity index (χ1) is 14.2. The average molecular weight is 411 g/mol. The Morgan fingerprint density at radius 1 is 1.03 bits per heavy atom. The van der Waals surface area contributed by atoms with Crippen molar-refractivity contribution in [3.05, 3.63) is 36.4 Å². The van der Waals surface area contributed by atoms with E-state index < -0.39 is 0 Å². The van der Waals surface area contributed by atoms with Gasteiger partial charge in [0, 0.05) is 31.4 Å². The standard InChI is InChI=1S/C19H22N8OS/c1-26-19(23-24-25-26)29-13-18(28)20-15-7-5-14(6-8-15)16-9-10-17(22-21-16)27-11-3-2-4-12-27/h5-10H,2-4,11-13H2,1H3,(H,20,28). The van der Waals surface area contributed by atoms with Crippen molar-refractivity contribution in [3.63, 3.8) is 0 Å². The fourth-order valence-electron chi connectivity index (χ4n) is 3.17. The summed E-state index contributed by atoms with van der Waals surface area (Å²) in [6, 6.07) is 11.6. The topological polar surface area (TPSA) is 102 Å². The molecule has 1 saturated heterocycles. The van der Waals surface area contributed by atoms with Crippen LogP contribution in [0.1, 0.15) is 19.3 Å². The molecular weight excluding hydrogens is 388 g/mol. The summed E-state index contributed by atoms with van der Waals surface area (Å²) in [5, 5.41) is 23.4. The average Bonchev–Trinajstić information content (AvgIpc) is 3.18. The Morgan fingerprint density at radius 2 is 1.83 bits per heavy atom. The first-order valence-corrected chi connectivity index (χ1v) is 10.5. The second-order valence-corrected chi connectivity index (χ2v) is 7.77. The van der Waals surface area contributed by atoms with Gasteiger partial charge in [0.25, 0.3) is 0 Å². The molecule has 0 atom stereocenters. The Hall–Kier alpha value is -3.01. The van der Waals surface area contributed by atoms with Crippen molar-refractivity contribution in [2.75, 3.05) is 29.1 Å². The lowest BCUT2D eigenvalue weighted by molar-refractivity contribution is -0.113. The highest BCUT2D eigenvalue weighted by Crippen LogP contribution is 2.22. The van der Waals surface area contributed by atoms with Crippen molar-refractivity contribution in [3.8, 4) is 11.3 Å². The summed E-state index contributed by atoms with van der Waals surface area (Å²) < 4.78 is 1.53. The van der Waals surface area contributed by atoms with Crippen molar-refractivity contribution in [1.82, 2.24) is 30.4 Å². The molecule has 1 N–H and O–H groups in total. The van der Waals surface area contributed by atoms with Crippen molar-refractivity contribution >= 4 is 29.2 Å². The lowest BCUT2D eigenvalue weighted by atomic mass is 10.1. The number of anilines is 2. The van der Waals surface area contributed by atoms with Crippen LogP contribution in [0.5, 0.6) is 0 Å². The third-order valence-corrected chi connectivity index (χ3v) is 5.72. The Labute approximate surface area is 172 Å². The molecule has 3 heterocycles. The van der Waals surface area contributed by atoms with E-state index in [1.54, 1.807) is 7.05 Å². The van der Waals surface area contributed by atoms with Crippen LogP contribution in [-0.2, 0) is 11.8 Å². The van der Waals surface area contributed by atoms with Crippen LogP contribution in [0.15, 0.2) is 41.6 Å². The minimum Gasteiger partial charge on any atom is -0.355 e. The Balaban J connectivity index is 1.33. The zero-order valence-corrected chi connectivity index (χ0v) is 17.0.